The van der Waals surface area contributed by atoms with Crippen molar-refractivity contribution < 1.29 is 22.3 Å². The van der Waals surface area contributed by atoms with Gasteiger partial charge in [-0.15, -0.1) is 0 Å². The number of hydrogen-bond acceptors (Lipinski definition) is 1. The lowest BCUT2D eigenvalue weighted by Crippen LogP contribution is -2.20. The molecule has 5 heteroatoms. The van der Waals surface area contributed by atoms with Gasteiger partial charge in [-0.2, -0.15) is 17.6 Å². The van der Waals surface area contributed by atoms with Gasteiger partial charge >= 0.3 is 12.3 Å². The second kappa shape index (κ2) is 2.97. The lowest BCUT2D eigenvalue weighted by molar-refractivity contribution is -0.0677. The molecular weight excluding hydrogens is 164 g/mol. The van der Waals surface area contributed by atoms with Crippen molar-refractivity contribution in [2.75, 3.05) is 6.61 Å². The maximum Gasteiger partial charge on any atom is 0.378 e. The molecule has 0 bridgehead atoms. The van der Waals surface area contributed by atoms with Crippen molar-refractivity contribution in [2.45, 2.75) is 24.9 Å². The maximum absolute atomic E-state index is 12.1. The molecule has 1 rings (SSSR count). The Morgan fingerprint density at radius 3 is 2.36 bits per heavy atom. The van der Waals surface area contributed by atoms with E-state index < -0.39 is 18.8 Å². The number of alkyl halides is 2. The molecule has 1 heterocycles. The van der Waals surface area contributed by atoms with Gasteiger partial charge in [0.1, 0.15) is 0 Å². The summed E-state index contributed by atoms with van der Waals surface area (Å²) in [4.78, 5) is 0. The van der Waals surface area contributed by atoms with E-state index in [0.717, 1.165) is 0 Å². The fourth-order valence-corrected chi connectivity index (χ4v) is 0.671. The van der Waals surface area contributed by atoms with E-state index in [1.54, 1.807) is 0 Å². The highest BCUT2D eigenvalue weighted by Crippen LogP contribution is 2.35. The van der Waals surface area contributed by atoms with Crippen LogP contribution >= 0.6 is 0 Å². The molecule has 0 saturated carbocycles. The molecule has 0 spiro atoms. The summed E-state index contributed by atoms with van der Waals surface area (Å²) >= 11 is 0. The van der Waals surface area contributed by atoms with Crippen molar-refractivity contribution >= 4 is 0 Å². The van der Waals surface area contributed by atoms with Crippen LogP contribution in [0.3, 0.4) is 0 Å². The number of rotatable bonds is 4. The summed E-state index contributed by atoms with van der Waals surface area (Å²) in [6, 6.07) is 0. The van der Waals surface area contributed by atoms with E-state index >= 15 is 0 Å². The molecule has 0 aromatic heterocycles. The Kier molecular flexibility index (Phi) is 2.37. The summed E-state index contributed by atoms with van der Waals surface area (Å²) in [5.41, 5.74) is 0. The number of epoxide rings is 1. The molecule has 1 fully saturated rings. The fourth-order valence-electron chi connectivity index (χ4n) is 0.671. The van der Waals surface area contributed by atoms with Crippen LogP contribution in [0.2, 0.25) is 0 Å². The highest BCUT2D eigenvalue weighted by atomic mass is 19.3. The third-order valence-electron chi connectivity index (χ3n) is 1.46. The van der Waals surface area contributed by atoms with Gasteiger partial charge < -0.3 is 4.74 Å². The number of halogens is 4. The SMILES string of the molecule is F[C](F)C(F)(F)CCC1CO1. The Morgan fingerprint density at radius 2 is 2.00 bits per heavy atom. The van der Waals surface area contributed by atoms with Crippen molar-refractivity contribution in [1.82, 2.24) is 0 Å². The van der Waals surface area contributed by atoms with Gasteiger partial charge in [0.25, 0.3) is 0 Å². The predicted molar refractivity (Wildman–Crippen MR) is 29.4 cm³/mol. The topological polar surface area (TPSA) is 12.5 Å². The predicted octanol–water partition coefficient (Wildman–Crippen LogP) is 2.23. The standard InChI is InChI=1S/C6H7F4O/c7-5(8)6(9,10)2-1-4-3-11-4/h4H,1-3H2. The monoisotopic (exact) mass is 171 g/mol. The van der Waals surface area contributed by atoms with Crippen LogP contribution in [0, 0.1) is 6.43 Å². The summed E-state index contributed by atoms with van der Waals surface area (Å²) < 4.78 is 51.6. The minimum absolute atomic E-state index is 0.00431. The first-order valence-corrected chi connectivity index (χ1v) is 3.20. The Morgan fingerprint density at radius 1 is 1.45 bits per heavy atom. The molecule has 0 aromatic rings. The molecule has 1 unspecified atom stereocenters. The fraction of sp³-hybridized carbons (Fsp3) is 0.833. The number of hydrogen-bond donors (Lipinski definition) is 0. The summed E-state index contributed by atoms with van der Waals surface area (Å²) in [5.74, 6) is -3.92. The minimum atomic E-state index is -3.92. The van der Waals surface area contributed by atoms with Gasteiger partial charge in [-0.3, -0.25) is 0 Å². The molecule has 1 aliphatic rings. The second-order valence-electron chi connectivity index (χ2n) is 2.46. The molecule has 65 valence electrons. The Bertz CT molecular complexity index is 133. The van der Waals surface area contributed by atoms with Gasteiger partial charge in [-0.1, -0.05) is 0 Å². The van der Waals surface area contributed by atoms with Gasteiger partial charge in [0, 0.05) is 6.42 Å². The Balaban J connectivity index is 2.20. The quantitative estimate of drug-likeness (QED) is 0.466. The highest BCUT2D eigenvalue weighted by molar-refractivity contribution is 4.85. The third-order valence-corrected chi connectivity index (χ3v) is 1.46. The molecular formula is C6H7F4O. The van der Waals surface area contributed by atoms with Gasteiger partial charge in [0.2, 0.25) is 0 Å². The first kappa shape index (κ1) is 8.77. The van der Waals surface area contributed by atoms with Gasteiger partial charge in [0.15, 0.2) is 0 Å². The molecule has 1 radical (unpaired) electrons. The van der Waals surface area contributed by atoms with Gasteiger partial charge in [-0.05, 0) is 6.42 Å². The van der Waals surface area contributed by atoms with Crippen molar-refractivity contribution in [3.05, 3.63) is 6.43 Å². The van der Waals surface area contributed by atoms with E-state index in [2.05, 4.69) is 4.74 Å². The van der Waals surface area contributed by atoms with E-state index in [0.29, 0.717) is 6.61 Å². The van der Waals surface area contributed by atoms with Crippen LogP contribution in [0.25, 0.3) is 0 Å². The van der Waals surface area contributed by atoms with Crippen molar-refractivity contribution in [1.29, 1.82) is 0 Å². The molecule has 0 amide bonds. The highest BCUT2D eigenvalue weighted by Gasteiger charge is 2.43. The van der Waals surface area contributed by atoms with E-state index in [4.69, 9.17) is 0 Å². The summed E-state index contributed by atoms with van der Waals surface area (Å²) in [5, 5.41) is 0. The van der Waals surface area contributed by atoms with E-state index in [9.17, 15) is 17.6 Å². The molecule has 1 nitrogen and oxygen atoms in total. The molecule has 0 aliphatic carbocycles. The van der Waals surface area contributed by atoms with Crippen molar-refractivity contribution in [2.24, 2.45) is 0 Å². The normalized spacial score (nSPS) is 24.3. The zero-order valence-electron chi connectivity index (χ0n) is 5.62. The first-order chi connectivity index (χ1) is 5.02. The molecule has 1 saturated heterocycles. The number of ether oxygens (including phenoxy) is 1. The molecule has 0 N–H and O–H groups in total. The molecule has 1 atom stereocenters. The average molecular weight is 171 g/mol. The van der Waals surface area contributed by atoms with Crippen LogP contribution in [0.4, 0.5) is 17.6 Å². The lowest BCUT2D eigenvalue weighted by atomic mass is 10.1. The van der Waals surface area contributed by atoms with E-state index in [1.807, 2.05) is 0 Å². The van der Waals surface area contributed by atoms with Crippen molar-refractivity contribution in [3.63, 3.8) is 0 Å². The van der Waals surface area contributed by atoms with Crippen LogP contribution in [-0.2, 0) is 4.74 Å². The molecule has 1 aliphatic heterocycles. The molecule has 0 aromatic carbocycles. The Labute approximate surface area is 61.3 Å². The Hall–Kier alpha value is -0.320. The summed E-state index contributed by atoms with van der Waals surface area (Å²) in [6.07, 6.45) is -3.84. The smallest absolute Gasteiger partial charge is 0.373 e. The minimum Gasteiger partial charge on any atom is -0.373 e. The van der Waals surface area contributed by atoms with Crippen molar-refractivity contribution in [3.8, 4) is 0 Å². The summed E-state index contributed by atoms with van der Waals surface area (Å²) in [6.45, 7) is 0.421. The maximum atomic E-state index is 12.1. The van der Waals surface area contributed by atoms with Crippen LogP contribution in [-0.4, -0.2) is 18.6 Å². The lowest BCUT2D eigenvalue weighted by Gasteiger charge is -2.11. The molecule has 11 heavy (non-hydrogen) atoms. The third kappa shape index (κ3) is 2.65. The summed E-state index contributed by atoms with van der Waals surface area (Å²) in [7, 11) is 0. The van der Waals surface area contributed by atoms with Crippen LogP contribution in [0.5, 0.6) is 0 Å². The van der Waals surface area contributed by atoms with Crippen LogP contribution < -0.4 is 0 Å². The largest absolute Gasteiger partial charge is 0.378 e. The zero-order valence-corrected chi connectivity index (χ0v) is 5.62. The second-order valence-corrected chi connectivity index (χ2v) is 2.46. The van der Waals surface area contributed by atoms with Crippen LogP contribution in [0.15, 0.2) is 0 Å². The average Bonchev–Trinajstić information content (AvgIpc) is 2.65. The zero-order chi connectivity index (χ0) is 8.48. The first-order valence-electron chi connectivity index (χ1n) is 3.20. The van der Waals surface area contributed by atoms with Gasteiger partial charge in [-0.25, -0.2) is 0 Å². The van der Waals surface area contributed by atoms with Gasteiger partial charge in [0.05, 0.1) is 12.7 Å². The van der Waals surface area contributed by atoms with Crippen LogP contribution in [0.1, 0.15) is 12.8 Å². The van der Waals surface area contributed by atoms with E-state index in [-0.39, 0.29) is 12.5 Å². The van der Waals surface area contributed by atoms with E-state index in [1.165, 1.54) is 0 Å².